The van der Waals surface area contributed by atoms with E-state index in [1.54, 1.807) is 72.8 Å². The van der Waals surface area contributed by atoms with Gasteiger partial charge in [-0.2, -0.15) is 0 Å². The number of rotatable bonds is 6. The predicted molar refractivity (Wildman–Crippen MR) is 184 cm³/mol. The summed E-state index contributed by atoms with van der Waals surface area (Å²) in [6, 6.07) is 28.3. The van der Waals surface area contributed by atoms with E-state index in [2.05, 4.69) is 26.6 Å². The van der Waals surface area contributed by atoms with Gasteiger partial charge in [-0.1, -0.05) is 84.9 Å². The van der Waals surface area contributed by atoms with E-state index >= 15 is 0 Å². The lowest BCUT2D eigenvalue weighted by atomic mass is 9.98. The van der Waals surface area contributed by atoms with Crippen LogP contribution >= 0.6 is 0 Å². The molecular weight excluding hydrogens is 638 g/mol. The smallest absolute Gasteiger partial charge is 0.258 e. The normalized spacial score (nSPS) is 22.2. The summed E-state index contributed by atoms with van der Waals surface area (Å²) in [4.78, 5) is 53.8. The Morgan fingerprint density at radius 1 is 0.640 bits per heavy atom. The molecule has 0 aromatic heterocycles. The van der Waals surface area contributed by atoms with E-state index in [0.717, 1.165) is 11.1 Å². The van der Waals surface area contributed by atoms with E-state index in [0.29, 0.717) is 22.6 Å². The Bertz CT molecular complexity index is 1770. The lowest BCUT2D eigenvalue weighted by Gasteiger charge is -2.29. The third-order valence-electron chi connectivity index (χ3n) is 8.66. The summed E-state index contributed by atoms with van der Waals surface area (Å²) in [5.74, 6) is -0.843. The van der Waals surface area contributed by atoms with Gasteiger partial charge >= 0.3 is 0 Å². The highest BCUT2D eigenvalue weighted by atomic mass is 16.5. The summed E-state index contributed by atoms with van der Waals surface area (Å²) in [5, 5.41) is 26.1. The number of fused-ring (bicyclic) bond motifs is 20. The minimum atomic E-state index is -1.17. The topological polar surface area (TPSA) is 167 Å². The van der Waals surface area contributed by atoms with Gasteiger partial charge in [0.15, 0.2) is 13.3 Å². The number of nitrogens with one attached hydrogen (secondary N) is 5. The molecule has 0 aliphatic carbocycles. The monoisotopic (exact) mass is 677 g/mol. The first kappa shape index (κ1) is 34.2. The largest absolute Gasteiger partial charge is 0.484 e. The average molecular weight is 678 g/mol. The Hall–Kier alpha value is -5.72. The highest BCUT2D eigenvalue weighted by Gasteiger charge is 2.31. The van der Waals surface area contributed by atoms with Gasteiger partial charge in [-0.3, -0.25) is 19.2 Å². The van der Waals surface area contributed by atoms with Crippen molar-refractivity contribution in [3.05, 3.63) is 131 Å². The second kappa shape index (κ2) is 16.1. The molecule has 4 aliphatic rings. The van der Waals surface area contributed by atoms with Crippen molar-refractivity contribution >= 4 is 23.6 Å². The minimum Gasteiger partial charge on any atom is -0.484 e. The van der Waals surface area contributed by atoms with Crippen LogP contribution in [0.4, 0.5) is 0 Å². The van der Waals surface area contributed by atoms with Crippen molar-refractivity contribution < 1.29 is 33.8 Å². The molecule has 12 nitrogen and oxygen atoms in total. The maximum atomic E-state index is 13.9. The van der Waals surface area contributed by atoms with Crippen LogP contribution in [0.15, 0.2) is 109 Å². The molecule has 4 aromatic carbocycles. The molecule has 0 fully saturated rings. The Balaban J connectivity index is 1.24. The van der Waals surface area contributed by atoms with Crippen LogP contribution in [0, 0.1) is 0 Å². The fraction of sp³-hybridized carbons (Fsp3) is 0.263. The first-order valence-corrected chi connectivity index (χ1v) is 16.4. The highest BCUT2D eigenvalue weighted by Crippen LogP contribution is 2.20. The molecular formula is C38H39N5O7. The number of carbonyl (C=O) groups is 4. The van der Waals surface area contributed by atoms with Crippen LogP contribution in [0.25, 0.3) is 0 Å². The molecule has 4 aliphatic heterocycles. The van der Waals surface area contributed by atoms with Crippen LogP contribution < -0.4 is 36.1 Å². The lowest BCUT2D eigenvalue weighted by molar-refractivity contribution is -0.131. The van der Waals surface area contributed by atoms with Gasteiger partial charge in [-0.15, -0.1) is 0 Å². The molecule has 5 unspecified atom stereocenters. The van der Waals surface area contributed by atoms with Crippen molar-refractivity contribution in [3.8, 4) is 11.5 Å². The molecule has 0 spiro atoms. The fourth-order valence-corrected chi connectivity index (χ4v) is 5.92. The lowest BCUT2D eigenvalue weighted by Crippen LogP contribution is -2.55. The van der Waals surface area contributed by atoms with E-state index < -0.39 is 53.9 Å². The van der Waals surface area contributed by atoms with Crippen molar-refractivity contribution in [2.75, 3.05) is 19.9 Å². The number of hydrogen-bond donors (Lipinski definition) is 6. The van der Waals surface area contributed by atoms with Gasteiger partial charge in [0.25, 0.3) is 5.91 Å². The van der Waals surface area contributed by atoms with Crippen molar-refractivity contribution in [1.29, 1.82) is 0 Å². The molecule has 0 radical (unpaired) electrons. The molecule has 12 heteroatoms. The van der Waals surface area contributed by atoms with Gasteiger partial charge < -0.3 is 41.2 Å². The van der Waals surface area contributed by atoms with E-state index in [1.807, 2.05) is 36.4 Å². The second-order valence-corrected chi connectivity index (χ2v) is 12.2. The summed E-state index contributed by atoms with van der Waals surface area (Å²) in [6.45, 7) is -0.448. The van der Waals surface area contributed by atoms with Gasteiger partial charge in [0.1, 0.15) is 23.6 Å². The number of aliphatic hydroxyl groups excluding tert-OH is 1. The summed E-state index contributed by atoms with van der Waals surface area (Å²) >= 11 is 0. The summed E-state index contributed by atoms with van der Waals surface area (Å²) in [5.41, 5.74) is 2.80. The van der Waals surface area contributed by atoms with Crippen molar-refractivity contribution in [1.82, 2.24) is 26.6 Å². The van der Waals surface area contributed by atoms with Crippen molar-refractivity contribution in [2.24, 2.45) is 0 Å². The predicted octanol–water partition coefficient (Wildman–Crippen LogP) is 1.85. The van der Waals surface area contributed by atoms with Gasteiger partial charge in [0, 0.05) is 6.54 Å². The zero-order valence-electron chi connectivity index (χ0n) is 27.2. The highest BCUT2D eigenvalue weighted by molar-refractivity contribution is 5.91. The van der Waals surface area contributed by atoms with Crippen LogP contribution in [-0.4, -0.2) is 66.8 Å². The number of ether oxygens (including phenoxy) is 2. The number of hydrogen-bond acceptors (Lipinski definition) is 8. The Kier molecular flexibility index (Phi) is 11.0. The molecule has 4 aromatic rings. The average Bonchev–Trinajstić information content (AvgIpc) is 3.17. The van der Waals surface area contributed by atoms with E-state index in [-0.39, 0.29) is 32.7 Å². The Morgan fingerprint density at radius 2 is 1.20 bits per heavy atom. The van der Waals surface area contributed by atoms with E-state index in [1.165, 1.54) is 0 Å². The van der Waals surface area contributed by atoms with Crippen LogP contribution in [0.1, 0.15) is 34.3 Å². The molecule has 6 N–H and O–H groups in total. The number of carbonyl (C=O) groups excluding carboxylic acids is 4. The van der Waals surface area contributed by atoms with E-state index in [9.17, 15) is 24.3 Å². The first-order valence-electron chi connectivity index (χ1n) is 16.4. The molecule has 0 saturated carbocycles. The second-order valence-electron chi connectivity index (χ2n) is 12.2. The summed E-state index contributed by atoms with van der Waals surface area (Å²) in [6.07, 6.45) is -0.685. The van der Waals surface area contributed by atoms with E-state index in [4.69, 9.17) is 9.47 Å². The van der Waals surface area contributed by atoms with Crippen molar-refractivity contribution in [3.63, 3.8) is 0 Å². The van der Waals surface area contributed by atoms with Crippen LogP contribution in [-0.2, 0) is 32.0 Å². The zero-order valence-corrected chi connectivity index (χ0v) is 27.2. The van der Waals surface area contributed by atoms with Crippen LogP contribution in [0.3, 0.4) is 0 Å². The summed E-state index contributed by atoms with van der Waals surface area (Å²) < 4.78 is 11.3. The molecule has 4 bridgehead atoms. The third-order valence-corrected chi connectivity index (χ3v) is 8.66. The van der Waals surface area contributed by atoms with Gasteiger partial charge in [0.2, 0.25) is 17.7 Å². The molecule has 8 rings (SSSR count). The van der Waals surface area contributed by atoms with Gasteiger partial charge in [-0.05, 0) is 59.4 Å². The number of amides is 4. The Morgan fingerprint density at radius 3 is 1.82 bits per heavy atom. The molecule has 0 saturated heterocycles. The molecule has 4 heterocycles. The number of aliphatic hydroxyl groups is 1. The molecule has 258 valence electrons. The SMILES string of the molecule is O=C1COc2ccc(cc2)CC(C(O)CNC2Cc3ccc(cc3)OCNC(=O)C(c3ccccc3)NC2=O)NC(=O)C(c2ccccc2)N1. The molecule has 5 atom stereocenters. The maximum Gasteiger partial charge on any atom is 0.258 e. The minimum absolute atomic E-state index is 0.0804. The van der Waals surface area contributed by atoms with Gasteiger partial charge in [-0.25, -0.2) is 0 Å². The zero-order chi connectivity index (χ0) is 34.9. The summed E-state index contributed by atoms with van der Waals surface area (Å²) in [7, 11) is 0. The van der Waals surface area contributed by atoms with Crippen LogP contribution in [0.5, 0.6) is 11.5 Å². The fourth-order valence-electron chi connectivity index (χ4n) is 5.92. The third kappa shape index (κ3) is 8.84. The van der Waals surface area contributed by atoms with Gasteiger partial charge in [0.05, 0.1) is 18.2 Å². The standard InChI is InChI=1S/C38H39N5O7/c44-32(30-19-24-11-15-28(16-12-24)49-22-33(45)42-35(38(48)41-30)27-9-5-2-6-10-27)21-39-31-20-25-13-17-29(18-14-25)50-23-40-37(47)34(43-36(31)46)26-7-3-1-4-8-26/h1-18,30-32,34-35,39,44H,19-23H2,(H,40,47)(H,41,48)(H,42,45)(H,43,46). The maximum absolute atomic E-state index is 13.9. The Labute approximate surface area is 289 Å². The number of benzene rings is 4. The molecule has 4 amide bonds. The quantitative estimate of drug-likeness (QED) is 0.168. The first-order chi connectivity index (χ1) is 24.3. The van der Waals surface area contributed by atoms with Crippen LogP contribution in [0.2, 0.25) is 0 Å². The van der Waals surface area contributed by atoms with Crippen molar-refractivity contribution in [2.45, 2.75) is 43.1 Å². The molecule has 50 heavy (non-hydrogen) atoms.